The van der Waals surface area contributed by atoms with Crippen molar-refractivity contribution in [3.63, 3.8) is 0 Å². The molecule has 1 aromatic heterocycles. The lowest BCUT2D eigenvalue weighted by atomic mass is 10.0. The predicted molar refractivity (Wildman–Crippen MR) is 84.9 cm³/mol. The van der Waals surface area contributed by atoms with Crippen LogP contribution in [0.3, 0.4) is 0 Å². The molecule has 1 aliphatic heterocycles. The molecule has 0 aliphatic carbocycles. The SMILES string of the molecule is Cl.O=C(Nc1ccc2c(c1)NCCC2)c1coc(Br)c1. The Morgan fingerprint density at radius 2 is 2.20 bits per heavy atom. The number of carbonyl (C=O) groups is 1. The Morgan fingerprint density at radius 3 is 2.95 bits per heavy atom. The fraction of sp³-hybridized carbons (Fsp3) is 0.214. The van der Waals surface area contributed by atoms with E-state index in [4.69, 9.17) is 4.42 Å². The Kier molecular flexibility index (Phi) is 4.73. The standard InChI is InChI=1S/C14H13BrN2O2.ClH/c15-13-6-10(8-19-13)14(18)17-11-4-3-9-2-1-5-16-12(9)7-11;/h3-4,6-8,16H,1-2,5H2,(H,17,18);1H. The van der Waals surface area contributed by atoms with Gasteiger partial charge in [0.1, 0.15) is 6.26 Å². The quantitative estimate of drug-likeness (QED) is 0.851. The Bertz CT molecular complexity index is 627. The van der Waals surface area contributed by atoms with Crippen LogP contribution < -0.4 is 10.6 Å². The second-order valence-electron chi connectivity index (χ2n) is 4.50. The highest BCUT2D eigenvalue weighted by Crippen LogP contribution is 2.26. The van der Waals surface area contributed by atoms with Gasteiger partial charge in [-0.25, -0.2) is 0 Å². The van der Waals surface area contributed by atoms with Crippen LogP contribution in [0.2, 0.25) is 0 Å². The first-order valence-corrected chi connectivity index (χ1v) is 6.94. The largest absolute Gasteiger partial charge is 0.457 e. The number of aryl methyl sites for hydroxylation is 1. The number of anilines is 2. The fourth-order valence-electron chi connectivity index (χ4n) is 2.17. The van der Waals surface area contributed by atoms with Crippen molar-refractivity contribution in [1.82, 2.24) is 0 Å². The maximum Gasteiger partial charge on any atom is 0.258 e. The van der Waals surface area contributed by atoms with E-state index in [1.165, 1.54) is 11.8 Å². The van der Waals surface area contributed by atoms with Crippen molar-refractivity contribution in [2.75, 3.05) is 17.2 Å². The number of furan rings is 1. The van der Waals surface area contributed by atoms with Crippen molar-refractivity contribution < 1.29 is 9.21 Å². The van der Waals surface area contributed by atoms with E-state index in [9.17, 15) is 4.79 Å². The lowest BCUT2D eigenvalue weighted by Crippen LogP contribution is -2.14. The van der Waals surface area contributed by atoms with Gasteiger partial charge in [0.05, 0.1) is 5.56 Å². The molecule has 20 heavy (non-hydrogen) atoms. The van der Waals surface area contributed by atoms with E-state index in [1.54, 1.807) is 6.07 Å². The molecule has 4 nitrogen and oxygen atoms in total. The summed E-state index contributed by atoms with van der Waals surface area (Å²) in [5, 5.41) is 6.20. The van der Waals surface area contributed by atoms with Crippen LogP contribution >= 0.6 is 28.3 Å². The molecule has 2 heterocycles. The van der Waals surface area contributed by atoms with Crippen molar-refractivity contribution in [2.24, 2.45) is 0 Å². The Labute approximate surface area is 131 Å². The Hall–Kier alpha value is -1.46. The predicted octanol–water partition coefficient (Wildman–Crippen LogP) is 4.07. The molecule has 0 fully saturated rings. The zero-order valence-electron chi connectivity index (χ0n) is 10.6. The van der Waals surface area contributed by atoms with Crippen molar-refractivity contribution in [2.45, 2.75) is 12.8 Å². The van der Waals surface area contributed by atoms with Gasteiger partial charge in [-0.05, 0) is 46.5 Å². The molecule has 0 bridgehead atoms. The third-order valence-corrected chi connectivity index (χ3v) is 3.55. The van der Waals surface area contributed by atoms with Gasteiger partial charge in [0.15, 0.2) is 4.67 Å². The number of hydrogen-bond donors (Lipinski definition) is 2. The molecule has 1 aliphatic rings. The normalized spacial score (nSPS) is 12.8. The maximum absolute atomic E-state index is 12.0. The lowest BCUT2D eigenvalue weighted by Gasteiger charge is -2.18. The number of rotatable bonds is 2. The molecule has 2 N–H and O–H groups in total. The highest BCUT2D eigenvalue weighted by Gasteiger charge is 2.12. The monoisotopic (exact) mass is 356 g/mol. The molecule has 1 aromatic carbocycles. The molecule has 6 heteroatoms. The first-order valence-electron chi connectivity index (χ1n) is 6.14. The second-order valence-corrected chi connectivity index (χ2v) is 5.28. The maximum atomic E-state index is 12.0. The van der Waals surface area contributed by atoms with Crippen LogP contribution in [0.15, 0.2) is 39.6 Å². The number of carbonyl (C=O) groups excluding carboxylic acids is 1. The van der Waals surface area contributed by atoms with Crippen LogP contribution in [-0.4, -0.2) is 12.5 Å². The van der Waals surface area contributed by atoms with Gasteiger partial charge < -0.3 is 15.1 Å². The van der Waals surface area contributed by atoms with E-state index >= 15 is 0 Å². The fourth-order valence-corrected chi connectivity index (χ4v) is 2.51. The minimum atomic E-state index is -0.176. The van der Waals surface area contributed by atoms with Crippen molar-refractivity contribution in [1.29, 1.82) is 0 Å². The summed E-state index contributed by atoms with van der Waals surface area (Å²) in [6.45, 7) is 0.985. The van der Waals surface area contributed by atoms with E-state index in [0.717, 1.165) is 30.8 Å². The second kappa shape index (κ2) is 6.33. The summed E-state index contributed by atoms with van der Waals surface area (Å²) in [5.41, 5.74) is 3.70. The number of nitrogens with one attached hydrogen (secondary N) is 2. The molecule has 3 rings (SSSR count). The van der Waals surface area contributed by atoms with Crippen LogP contribution in [0.5, 0.6) is 0 Å². The summed E-state index contributed by atoms with van der Waals surface area (Å²) in [6.07, 6.45) is 3.67. The average Bonchev–Trinajstić information content (AvgIpc) is 2.85. The molecule has 0 radical (unpaired) electrons. The number of fused-ring (bicyclic) bond motifs is 1. The van der Waals surface area contributed by atoms with Crippen LogP contribution in [0, 0.1) is 0 Å². The van der Waals surface area contributed by atoms with E-state index in [1.807, 2.05) is 12.1 Å². The molecule has 0 atom stereocenters. The Balaban J connectivity index is 0.00000147. The van der Waals surface area contributed by atoms with Gasteiger partial charge in [-0.1, -0.05) is 6.07 Å². The first kappa shape index (κ1) is 14.9. The highest BCUT2D eigenvalue weighted by molar-refractivity contribution is 9.10. The van der Waals surface area contributed by atoms with E-state index in [0.29, 0.717) is 10.2 Å². The lowest BCUT2D eigenvalue weighted by molar-refractivity contribution is 0.102. The molecular weight excluding hydrogens is 344 g/mol. The van der Waals surface area contributed by atoms with Crippen molar-refractivity contribution >= 4 is 45.6 Å². The van der Waals surface area contributed by atoms with Gasteiger partial charge in [-0.15, -0.1) is 12.4 Å². The molecule has 0 spiro atoms. The minimum Gasteiger partial charge on any atom is -0.457 e. The van der Waals surface area contributed by atoms with Gasteiger partial charge >= 0.3 is 0 Å². The van der Waals surface area contributed by atoms with Crippen LogP contribution in [-0.2, 0) is 6.42 Å². The average molecular weight is 358 g/mol. The van der Waals surface area contributed by atoms with Crippen molar-refractivity contribution in [3.8, 4) is 0 Å². The van der Waals surface area contributed by atoms with E-state index < -0.39 is 0 Å². The Morgan fingerprint density at radius 1 is 1.35 bits per heavy atom. The zero-order valence-corrected chi connectivity index (χ0v) is 13.0. The third kappa shape index (κ3) is 3.16. The van der Waals surface area contributed by atoms with Gasteiger partial charge in [0, 0.05) is 24.0 Å². The van der Waals surface area contributed by atoms with Gasteiger partial charge in [0.25, 0.3) is 5.91 Å². The summed E-state index contributed by atoms with van der Waals surface area (Å²) < 4.78 is 5.60. The molecule has 1 amide bonds. The van der Waals surface area contributed by atoms with Gasteiger partial charge in [-0.2, -0.15) is 0 Å². The molecule has 0 saturated heterocycles. The summed E-state index contributed by atoms with van der Waals surface area (Å²) in [5.74, 6) is -0.176. The van der Waals surface area contributed by atoms with E-state index in [2.05, 4.69) is 32.6 Å². The third-order valence-electron chi connectivity index (χ3n) is 3.14. The van der Waals surface area contributed by atoms with E-state index in [-0.39, 0.29) is 18.3 Å². The minimum absolute atomic E-state index is 0. The number of halogens is 2. The summed E-state index contributed by atoms with van der Waals surface area (Å²) in [7, 11) is 0. The van der Waals surface area contributed by atoms with Crippen molar-refractivity contribution in [3.05, 3.63) is 46.3 Å². The number of amides is 1. The molecule has 106 valence electrons. The molecule has 2 aromatic rings. The molecular formula is C14H14BrClN2O2. The topological polar surface area (TPSA) is 54.3 Å². The first-order chi connectivity index (χ1) is 9.22. The van der Waals surface area contributed by atoms with Gasteiger partial charge in [-0.3, -0.25) is 4.79 Å². The highest BCUT2D eigenvalue weighted by atomic mass is 79.9. The molecule has 0 saturated carbocycles. The number of hydrogen-bond acceptors (Lipinski definition) is 3. The van der Waals surface area contributed by atoms with Crippen LogP contribution in [0.25, 0.3) is 0 Å². The smallest absolute Gasteiger partial charge is 0.258 e. The van der Waals surface area contributed by atoms with Crippen LogP contribution in [0.4, 0.5) is 11.4 Å². The zero-order chi connectivity index (χ0) is 13.2. The summed E-state index contributed by atoms with van der Waals surface area (Å²) in [6, 6.07) is 7.61. The number of benzene rings is 1. The molecule has 0 unspecified atom stereocenters. The van der Waals surface area contributed by atoms with Gasteiger partial charge in [0.2, 0.25) is 0 Å². The van der Waals surface area contributed by atoms with Crippen LogP contribution in [0.1, 0.15) is 22.3 Å². The summed E-state index contributed by atoms with van der Waals surface area (Å²) in [4.78, 5) is 12.0. The summed E-state index contributed by atoms with van der Waals surface area (Å²) >= 11 is 3.18.